The number of hydrogen-bond donors (Lipinski definition) is 2. The summed E-state index contributed by atoms with van der Waals surface area (Å²) in [5, 5.41) is 6.71. The second-order valence-corrected chi connectivity index (χ2v) is 4.90. The van der Waals surface area contributed by atoms with Gasteiger partial charge in [-0.25, -0.2) is 4.79 Å². The van der Waals surface area contributed by atoms with Crippen molar-refractivity contribution in [1.82, 2.24) is 10.6 Å². The highest BCUT2D eigenvalue weighted by atomic mass is 35.5. The Bertz CT molecular complexity index is 397. The number of halogens is 2. The van der Waals surface area contributed by atoms with Gasteiger partial charge in [0.05, 0.1) is 0 Å². The van der Waals surface area contributed by atoms with Crippen molar-refractivity contribution in [3.8, 4) is 0 Å². The Balaban J connectivity index is 2.29. The van der Waals surface area contributed by atoms with Crippen LogP contribution in [0.15, 0.2) is 18.2 Å². The first-order chi connectivity index (χ1) is 8.63. The quantitative estimate of drug-likeness (QED) is 0.764. The van der Waals surface area contributed by atoms with Crippen LogP contribution >= 0.6 is 23.2 Å². The van der Waals surface area contributed by atoms with Gasteiger partial charge < -0.3 is 10.6 Å². The average Bonchev–Trinajstić information content (AvgIpc) is 2.33. The minimum atomic E-state index is -0.169. The highest BCUT2D eigenvalue weighted by molar-refractivity contribution is 6.35. The monoisotopic (exact) mass is 288 g/mol. The molecule has 100 valence electrons. The number of carbonyl (C=O) groups is 1. The number of hydrogen-bond acceptors (Lipinski definition) is 1. The number of rotatable bonds is 6. The van der Waals surface area contributed by atoms with E-state index in [0.717, 1.165) is 24.8 Å². The minimum Gasteiger partial charge on any atom is -0.338 e. The first kappa shape index (κ1) is 15.1. The Morgan fingerprint density at radius 3 is 2.67 bits per heavy atom. The number of urea groups is 1. The molecule has 3 nitrogen and oxygen atoms in total. The molecule has 0 aliphatic rings. The molecule has 0 aliphatic carbocycles. The summed E-state index contributed by atoms with van der Waals surface area (Å²) in [6.45, 7) is 3.23. The summed E-state index contributed by atoms with van der Waals surface area (Å²) in [6.07, 6.45) is 3.28. The lowest BCUT2D eigenvalue weighted by Gasteiger charge is -2.08. The van der Waals surface area contributed by atoms with Gasteiger partial charge in [0.1, 0.15) is 0 Å². The van der Waals surface area contributed by atoms with Crippen LogP contribution in [-0.2, 0) is 6.54 Å². The summed E-state index contributed by atoms with van der Waals surface area (Å²) in [7, 11) is 0. The largest absolute Gasteiger partial charge is 0.338 e. The van der Waals surface area contributed by atoms with Crippen molar-refractivity contribution in [2.24, 2.45) is 0 Å². The first-order valence-electron chi connectivity index (χ1n) is 6.09. The second-order valence-electron chi connectivity index (χ2n) is 4.05. The Kier molecular flexibility index (Phi) is 6.91. The SMILES string of the molecule is CCCCCNC(=O)NCc1ccc(Cl)cc1Cl. The van der Waals surface area contributed by atoms with Crippen LogP contribution in [0.25, 0.3) is 0 Å². The van der Waals surface area contributed by atoms with Crippen LogP contribution in [0, 0.1) is 0 Å². The average molecular weight is 289 g/mol. The molecule has 0 saturated carbocycles. The maximum atomic E-state index is 11.5. The molecular formula is C13H18Cl2N2O. The van der Waals surface area contributed by atoms with E-state index >= 15 is 0 Å². The molecule has 1 aromatic carbocycles. The summed E-state index contributed by atoms with van der Waals surface area (Å²) in [5.41, 5.74) is 0.852. The zero-order valence-corrected chi connectivity index (χ0v) is 11.9. The molecule has 0 fully saturated rings. The molecule has 5 heteroatoms. The molecule has 0 bridgehead atoms. The maximum absolute atomic E-state index is 11.5. The Morgan fingerprint density at radius 1 is 1.22 bits per heavy atom. The fourth-order valence-electron chi connectivity index (χ4n) is 1.48. The molecule has 1 rings (SSSR count). The van der Waals surface area contributed by atoms with E-state index in [2.05, 4.69) is 17.6 Å². The van der Waals surface area contributed by atoms with Crippen LogP contribution in [0.4, 0.5) is 4.79 Å². The number of nitrogens with one attached hydrogen (secondary N) is 2. The summed E-state index contributed by atoms with van der Waals surface area (Å²) in [4.78, 5) is 11.5. The highest BCUT2D eigenvalue weighted by Crippen LogP contribution is 2.20. The predicted octanol–water partition coefficient (Wildman–Crippen LogP) is 3.98. The highest BCUT2D eigenvalue weighted by Gasteiger charge is 2.03. The Labute approximate surface area is 118 Å². The van der Waals surface area contributed by atoms with E-state index in [1.54, 1.807) is 12.1 Å². The van der Waals surface area contributed by atoms with Gasteiger partial charge in [0.2, 0.25) is 0 Å². The fraction of sp³-hybridized carbons (Fsp3) is 0.462. The molecule has 18 heavy (non-hydrogen) atoms. The van der Waals surface area contributed by atoms with Crippen LogP contribution < -0.4 is 10.6 Å². The number of unbranched alkanes of at least 4 members (excludes halogenated alkanes) is 2. The molecule has 0 atom stereocenters. The lowest BCUT2D eigenvalue weighted by atomic mass is 10.2. The Hall–Kier alpha value is -0.930. The molecular weight excluding hydrogens is 271 g/mol. The Morgan fingerprint density at radius 2 is 2.00 bits per heavy atom. The summed E-state index contributed by atoms with van der Waals surface area (Å²) in [5.74, 6) is 0. The standard InChI is InChI=1S/C13H18Cl2N2O/c1-2-3-4-7-16-13(18)17-9-10-5-6-11(14)8-12(10)15/h5-6,8H,2-4,7,9H2,1H3,(H2,16,17,18). The van der Waals surface area contributed by atoms with Gasteiger partial charge in [-0.1, -0.05) is 49.0 Å². The van der Waals surface area contributed by atoms with Crippen molar-refractivity contribution in [2.45, 2.75) is 32.7 Å². The van der Waals surface area contributed by atoms with Crippen LogP contribution in [0.5, 0.6) is 0 Å². The van der Waals surface area contributed by atoms with Gasteiger partial charge in [-0.15, -0.1) is 0 Å². The van der Waals surface area contributed by atoms with E-state index < -0.39 is 0 Å². The molecule has 0 saturated heterocycles. The van der Waals surface area contributed by atoms with Gasteiger partial charge in [0.15, 0.2) is 0 Å². The molecule has 0 aromatic heterocycles. The van der Waals surface area contributed by atoms with Crippen molar-refractivity contribution in [3.63, 3.8) is 0 Å². The third kappa shape index (κ3) is 5.61. The zero-order chi connectivity index (χ0) is 13.4. The number of carbonyl (C=O) groups excluding carboxylic acids is 1. The number of benzene rings is 1. The summed E-state index contributed by atoms with van der Waals surface area (Å²) in [6, 6.07) is 5.06. The van der Waals surface area contributed by atoms with Crippen molar-refractivity contribution in [1.29, 1.82) is 0 Å². The maximum Gasteiger partial charge on any atom is 0.315 e. The van der Waals surface area contributed by atoms with E-state index in [1.807, 2.05) is 6.07 Å². The zero-order valence-electron chi connectivity index (χ0n) is 10.4. The van der Waals surface area contributed by atoms with Crippen LogP contribution in [0.3, 0.4) is 0 Å². The van der Waals surface area contributed by atoms with Crippen LogP contribution in [0.2, 0.25) is 10.0 Å². The predicted molar refractivity (Wildman–Crippen MR) is 76.2 cm³/mol. The molecule has 2 amide bonds. The molecule has 0 heterocycles. The molecule has 2 N–H and O–H groups in total. The molecule has 1 aromatic rings. The van der Waals surface area contributed by atoms with Gasteiger partial charge in [0.25, 0.3) is 0 Å². The third-order valence-electron chi connectivity index (χ3n) is 2.52. The molecule has 0 unspecified atom stereocenters. The smallest absolute Gasteiger partial charge is 0.315 e. The van der Waals surface area contributed by atoms with E-state index in [0.29, 0.717) is 23.1 Å². The fourth-order valence-corrected chi connectivity index (χ4v) is 1.96. The van der Waals surface area contributed by atoms with Crippen LogP contribution in [0.1, 0.15) is 31.7 Å². The van der Waals surface area contributed by atoms with Gasteiger partial charge in [-0.05, 0) is 24.1 Å². The normalized spacial score (nSPS) is 10.2. The molecule has 0 aliphatic heterocycles. The van der Waals surface area contributed by atoms with Crippen molar-refractivity contribution in [3.05, 3.63) is 33.8 Å². The lowest BCUT2D eigenvalue weighted by molar-refractivity contribution is 0.240. The van der Waals surface area contributed by atoms with Crippen LogP contribution in [-0.4, -0.2) is 12.6 Å². The van der Waals surface area contributed by atoms with Crippen molar-refractivity contribution in [2.75, 3.05) is 6.54 Å². The summed E-state index contributed by atoms with van der Waals surface area (Å²) < 4.78 is 0. The van der Waals surface area contributed by atoms with Gasteiger partial charge >= 0.3 is 6.03 Å². The number of amides is 2. The van der Waals surface area contributed by atoms with Crippen molar-refractivity contribution >= 4 is 29.2 Å². The second kappa shape index (κ2) is 8.22. The van der Waals surface area contributed by atoms with E-state index in [9.17, 15) is 4.79 Å². The van der Waals surface area contributed by atoms with Gasteiger partial charge in [-0.3, -0.25) is 0 Å². The topological polar surface area (TPSA) is 41.1 Å². The van der Waals surface area contributed by atoms with E-state index in [1.165, 1.54) is 0 Å². The van der Waals surface area contributed by atoms with E-state index in [-0.39, 0.29) is 6.03 Å². The summed E-state index contributed by atoms with van der Waals surface area (Å²) >= 11 is 11.8. The first-order valence-corrected chi connectivity index (χ1v) is 6.84. The third-order valence-corrected chi connectivity index (χ3v) is 3.11. The minimum absolute atomic E-state index is 0.169. The lowest BCUT2D eigenvalue weighted by Crippen LogP contribution is -2.35. The van der Waals surface area contributed by atoms with Gasteiger partial charge in [-0.2, -0.15) is 0 Å². The van der Waals surface area contributed by atoms with Crippen molar-refractivity contribution < 1.29 is 4.79 Å². The van der Waals surface area contributed by atoms with Gasteiger partial charge in [0, 0.05) is 23.1 Å². The van der Waals surface area contributed by atoms with E-state index in [4.69, 9.17) is 23.2 Å². The molecule has 0 spiro atoms. The molecule has 0 radical (unpaired) electrons.